The first kappa shape index (κ1) is 30.8. The van der Waals surface area contributed by atoms with Crippen molar-refractivity contribution in [3.8, 4) is 0 Å². The van der Waals surface area contributed by atoms with Crippen molar-refractivity contribution in [2.24, 2.45) is 0 Å². The van der Waals surface area contributed by atoms with Gasteiger partial charge in [0, 0.05) is 30.2 Å². The van der Waals surface area contributed by atoms with Crippen molar-refractivity contribution < 1.29 is 24.2 Å². The number of carboxylic acids is 1. The highest BCUT2D eigenvalue weighted by atomic mass is 16.6. The van der Waals surface area contributed by atoms with Gasteiger partial charge in [0.2, 0.25) is 0 Å². The van der Waals surface area contributed by atoms with E-state index in [0.29, 0.717) is 43.0 Å². The lowest BCUT2D eigenvalue weighted by Gasteiger charge is -2.26. The lowest BCUT2D eigenvalue weighted by atomic mass is 9.89. The van der Waals surface area contributed by atoms with Gasteiger partial charge in [-0.2, -0.15) is 0 Å². The Morgan fingerprint density at radius 3 is 2.52 bits per heavy atom. The molecule has 0 unspecified atom stereocenters. The third-order valence-corrected chi connectivity index (χ3v) is 7.37. The number of benzene rings is 2. The van der Waals surface area contributed by atoms with Crippen LogP contribution in [0.1, 0.15) is 74.2 Å². The third-order valence-electron chi connectivity index (χ3n) is 7.37. The van der Waals surface area contributed by atoms with Gasteiger partial charge < -0.3 is 31.1 Å². The van der Waals surface area contributed by atoms with Gasteiger partial charge in [0.1, 0.15) is 5.60 Å². The number of para-hydroxylation sites is 1. The molecule has 0 spiro atoms. The van der Waals surface area contributed by atoms with Crippen molar-refractivity contribution in [2.45, 2.75) is 63.9 Å². The van der Waals surface area contributed by atoms with Gasteiger partial charge in [0.05, 0.1) is 23.3 Å². The Bertz CT molecular complexity index is 1370. The second-order valence-corrected chi connectivity index (χ2v) is 11.3. The summed E-state index contributed by atoms with van der Waals surface area (Å²) in [6, 6.07) is 16.0. The van der Waals surface area contributed by atoms with Crippen molar-refractivity contribution in [1.82, 2.24) is 20.9 Å². The molecule has 0 aliphatic carbocycles. The van der Waals surface area contributed by atoms with Crippen LogP contribution >= 0.6 is 0 Å². The summed E-state index contributed by atoms with van der Waals surface area (Å²) in [6.07, 6.45) is 5.16. The second-order valence-electron chi connectivity index (χ2n) is 11.3. The SMILES string of the molecule is CC(C)(CNC(=O)c1cnc2ccc(C3CCNCC3)cc2c1Nc1ccccc1)OC(=O)NCCCCCC(=O)O. The monoisotopic (exact) mass is 575 g/mol. The molecule has 2 aromatic carbocycles. The van der Waals surface area contributed by atoms with Crippen LogP contribution in [0.3, 0.4) is 0 Å². The Labute approximate surface area is 246 Å². The van der Waals surface area contributed by atoms with Crippen LogP contribution in [-0.4, -0.2) is 59.8 Å². The van der Waals surface area contributed by atoms with E-state index in [1.807, 2.05) is 36.4 Å². The molecule has 1 aromatic heterocycles. The lowest BCUT2D eigenvalue weighted by molar-refractivity contribution is -0.137. The minimum absolute atomic E-state index is 0.0930. The zero-order chi connectivity index (χ0) is 30.0. The zero-order valence-corrected chi connectivity index (χ0v) is 24.4. The normalized spacial score (nSPS) is 13.9. The molecule has 0 radical (unpaired) electrons. The number of alkyl carbamates (subject to hydrolysis) is 1. The van der Waals surface area contributed by atoms with Crippen LogP contribution in [0.2, 0.25) is 0 Å². The number of fused-ring (bicyclic) bond motifs is 1. The molecule has 1 aliphatic heterocycles. The average Bonchev–Trinajstić information content (AvgIpc) is 2.98. The van der Waals surface area contributed by atoms with E-state index in [2.05, 4.69) is 38.4 Å². The van der Waals surface area contributed by atoms with E-state index in [1.54, 1.807) is 20.0 Å². The molecular formula is C32H41N5O5. The summed E-state index contributed by atoms with van der Waals surface area (Å²) in [5, 5.41) is 22.1. The quantitative estimate of drug-likeness (QED) is 0.172. The highest BCUT2D eigenvalue weighted by Gasteiger charge is 2.26. The second kappa shape index (κ2) is 14.6. The fourth-order valence-electron chi connectivity index (χ4n) is 5.07. The topological polar surface area (TPSA) is 142 Å². The first-order chi connectivity index (χ1) is 20.2. The highest BCUT2D eigenvalue weighted by Crippen LogP contribution is 2.33. The first-order valence-electron chi connectivity index (χ1n) is 14.6. The highest BCUT2D eigenvalue weighted by molar-refractivity contribution is 6.08. The van der Waals surface area contributed by atoms with Crippen LogP contribution in [0.5, 0.6) is 0 Å². The van der Waals surface area contributed by atoms with Crippen LogP contribution in [-0.2, 0) is 9.53 Å². The van der Waals surface area contributed by atoms with Crippen LogP contribution in [0.15, 0.2) is 54.7 Å². The Kier molecular flexibility index (Phi) is 10.7. The maximum Gasteiger partial charge on any atom is 0.407 e. The summed E-state index contributed by atoms with van der Waals surface area (Å²) < 4.78 is 5.55. The molecule has 224 valence electrons. The molecule has 1 fully saturated rings. The van der Waals surface area contributed by atoms with E-state index in [0.717, 1.165) is 42.5 Å². The summed E-state index contributed by atoms with van der Waals surface area (Å²) in [6.45, 7) is 5.91. The van der Waals surface area contributed by atoms with Crippen molar-refractivity contribution in [2.75, 3.05) is 31.5 Å². The third kappa shape index (κ3) is 8.91. The average molecular weight is 576 g/mol. The van der Waals surface area contributed by atoms with Gasteiger partial charge in [0.15, 0.2) is 0 Å². The molecule has 2 heterocycles. The molecule has 42 heavy (non-hydrogen) atoms. The molecule has 3 aromatic rings. The van der Waals surface area contributed by atoms with Gasteiger partial charge in [-0.3, -0.25) is 14.6 Å². The number of hydrogen-bond donors (Lipinski definition) is 5. The van der Waals surface area contributed by atoms with E-state index in [1.165, 1.54) is 5.56 Å². The van der Waals surface area contributed by atoms with E-state index < -0.39 is 17.7 Å². The Morgan fingerprint density at radius 2 is 1.79 bits per heavy atom. The van der Waals surface area contributed by atoms with Crippen LogP contribution in [0.4, 0.5) is 16.2 Å². The molecule has 0 saturated carbocycles. The van der Waals surface area contributed by atoms with Crippen molar-refractivity contribution in [1.29, 1.82) is 0 Å². The molecule has 4 rings (SSSR count). The van der Waals surface area contributed by atoms with E-state index in [4.69, 9.17) is 9.84 Å². The smallest absolute Gasteiger partial charge is 0.407 e. The minimum Gasteiger partial charge on any atom is -0.481 e. The number of nitrogens with one attached hydrogen (secondary N) is 4. The number of aliphatic carboxylic acids is 1. The molecule has 5 N–H and O–H groups in total. The van der Waals surface area contributed by atoms with Crippen molar-refractivity contribution in [3.05, 3.63) is 65.9 Å². The first-order valence-corrected chi connectivity index (χ1v) is 14.6. The molecule has 1 aliphatic rings. The van der Waals surface area contributed by atoms with Gasteiger partial charge in [0.25, 0.3) is 5.91 Å². The molecule has 1 saturated heterocycles. The van der Waals surface area contributed by atoms with Crippen LogP contribution < -0.4 is 21.3 Å². The summed E-state index contributed by atoms with van der Waals surface area (Å²) in [5.74, 6) is -0.701. The summed E-state index contributed by atoms with van der Waals surface area (Å²) >= 11 is 0. The lowest BCUT2D eigenvalue weighted by Crippen LogP contribution is -2.44. The van der Waals surface area contributed by atoms with E-state index in [9.17, 15) is 14.4 Å². The van der Waals surface area contributed by atoms with Gasteiger partial charge in [-0.15, -0.1) is 0 Å². The Hall–Kier alpha value is -4.18. The molecule has 10 nitrogen and oxygen atoms in total. The number of amides is 2. The summed E-state index contributed by atoms with van der Waals surface area (Å²) in [5.41, 5.74) is 3.00. The Morgan fingerprint density at radius 1 is 1.02 bits per heavy atom. The number of carboxylic acid groups (broad SMARTS) is 1. The zero-order valence-electron chi connectivity index (χ0n) is 24.4. The summed E-state index contributed by atoms with van der Waals surface area (Å²) in [7, 11) is 0. The number of carbonyl (C=O) groups excluding carboxylic acids is 2. The number of carbonyl (C=O) groups is 3. The summed E-state index contributed by atoms with van der Waals surface area (Å²) in [4.78, 5) is 41.1. The number of aromatic nitrogens is 1. The van der Waals surface area contributed by atoms with E-state index in [-0.39, 0.29) is 18.9 Å². The molecular weight excluding hydrogens is 534 g/mol. The predicted octanol–water partition coefficient (Wildman–Crippen LogP) is 5.33. The molecule has 0 atom stereocenters. The number of rotatable bonds is 13. The van der Waals surface area contributed by atoms with Crippen molar-refractivity contribution >= 4 is 40.2 Å². The molecule has 0 bridgehead atoms. The van der Waals surface area contributed by atoms with E-state index >= 15 is 0 Å². The largest absolute Gasteiger partial charge is 0.481 e. The fourth-order valence-corrected chi connectivity index (χ4v) is 5.07. The number of nitrogens with zero attached hydrogens (tertiary/aromatic N) is 1. The van der Waals surface area contributed by atoms with Gasteiger partial charge in [-0.05, 0) is 88.4 Å². The number of anilines is 2. The Balaban J connectivity index is 1.45. The number of pyridine rings is 1. The number of piperidine rings is 1. The van der Waals surface area contributed by atoms with Gasteiger partial charge in [-0.1, -0.05) is 30.7 Å². The standard InChI is InChI=1S/C32H41N5O5/c1-32(2,42-31(41)34-16-8-4-7-11-28(38)39)21-36-30(40)26-20-35-27-13-12-23(22-14-17-33-18-15-22)19-25(27)29(26)37-24-9-5-3-6-10-24/h3,5-6,9-10,12-13,19-20,22,33H,4,7-8,11,14-18,21H2,1-2H3,(H,34,41)(H,35,37)(H,36,40)(H,38,39). The maximum atomic E-state index is 13.5. The van der Waals surface area contributed by atoms with Crippen LogP contribution in [0.25, 0.3) is 10.9 Å². The molecule has 2 amide bonds. The molecule has 10 heteroatoms. The number of hydrogen-bond acceptors (Lipinski definition) is 7. The van der Waals surface area contributed by atoms with Gasteiger partial charge in [-0.25, -0.2) is 4.79 Å². The fraction of sp³-hybridized carbons (Fsp3) is 0.438. The van der Waals surface area contributed by atoms with Gasteiger partial charge >= 0.3 is 12.1 Å². The van der Waals surface area contributed by atoms with Crippen molar-refractivity contribution in [3.63, 3.8) is 0 Å². The van der Waals surface area contributed by atoms with Crippen LogP contribution in [0, 0.1) is 0 Å². The minimum atomic E-state index is -0.970. The number of unbranched alkanes of at least 4 members (excludes halogenated alkanes) is 2. The number of ether oxygens (including phenoxy) is 1. The predicted molar refractivity (Wildman–Crippen MR) is 163 cm³/mol. The maximum absolute atomic E-state index is 13.5.